The van der Waals surface area contributed by atoms with Gasteiger partial charge >= 0.3 is 0 Å². The van der Waals surface area contributed by atoms with Gasteiger partial charge in [0.05, 0.1) is 12.3 Å². The first-order chi connectivity index (χ1) is 9.70. The van der Waals surface area contributed by atoms with Crippen molar-refractivity contribution < 1.29 is 9.26 Å². The number of aryl methyl sites for hydroxylation is 2. The van der Waals surface area contributed by atoms with Gasteiger partial charge in [-0.15, -0.1) is 0 Å². The van der Waals surface area contributed by atoms with Gasteiger partial charge in [-0.1, -0.05) is 5.16 Å². The number of ether oxygens (including phenoxy) is 1. The molecule has 0 amide bonds. The number of hydrogen-bond donors (Lipinski definition) is 2. The lowest BCUT2D eigenvalue weighted by Gasteiger charge is -2.14. The van der Waals surface area contributed by atoms with Crippen LogP contribution in [0.3, 0.4) is 0 Å². The van der Waals surface area contributed by atoms with Crippen LogP contribution in [0, 0.1) is 19.8 Å². The highest BCUT2D eigenvalue weighted by atomic mass is 16.5. The van der Waals surface area contributed by atoms with Crippen LogP contribution in [0.1, 0.15) is 23.4 Å². The SMILES string of the molecule is CN=C(NCCc1c(C)noc1C)NCC1CCOC1. The number of hydrogen-bond acceptors (Lipinski definition) is 4. The van der Waals surface area contributed by atoms with E-state index in [1.165, 1.54) is 5.56 Å². The van der Waals surface area contributed by atoms with E-state index < -0.39 is 0 Å². The largest absolute Gasteiger partial charge is 0.381 e. The van der Waals surface area contributed by atoms with Gasteiger partial charge in [0.25, 0.3) is 0 Å². The van der Waals surface area contributed by atoms with Crippen molar-refractivity contribution in [3.63, 3.8) is 0 Å². The minimum atomic E-state index is 0.594. The van der Waals surface area contributed by atoms with Gasteiger partial charge in [0, 0.05) is 38.2 Å². The zero-order chi connectivity index (χ0) is 14.4. The van der Waals surface area contributed by atoms with E-state index in [9.17, 15) is 0 Å². The molecule has 6 nitrogen and oxygen atoms in total. The summed E-state index contributed by atoms with van der Waals surface area (Å²) in [5.41, 5.74) is 2.15. The Bertz CT molecular complexity index is 431. The maximum Gasteiger partial charge on any atom is 0.190 e. The fourth-order valence-electron chi connectivity index (χ4n) is 2.37. The molecule has 0 bridgehead atoms. The highest BCUT2D eigenvalue weighted by Gasteiger charge is 2.15. The summed E-state index contributed by atoms with van der Waals surface area (Å²) in [5.74, 6) is 2.33. The van der Waals surface area contributed by atoms with Crippen LogP contribution in [0.2, 0.25) is 0 Å². The van der Waals surface area contributed by atoms with Gasteiger partial charge in [-0.2, -0.15) is 0 Å². The average molecular weight is 280 g/mol. The first-order valence-electron chi connectivity index (χ1n) is 7.14. The minimum Gasteiger partial charge on any atom is -0.381 e. The summed E-state index contributed by atoms with van der Waals surface area (Å²) in [6.45, 7) is 7.36. The maximum absolute atomic E-state index is 5.36. The fraction of sp³-hybridized carbons (Fsp3) is 0.714. The third-order valence-corrected chi connectivity index (χ3v) is 3.65. The molecule has 112 valence electrons. The molecule has 0 radical (unpaired) electrons. The second-order valence-corrected chi connectivity index (χ2v) is 5.16. The zero-order valence-electron chi connectivity index (χ0n) is 12.5. The quantitative estimate of drug-likeness (QED) is 0.623. The lowest BCUT2D eigenvalue weighted by molar-refractivity contribution is 0.186. The second kappa shape index (κ2) is 7.28. The van der Waals surface area contributed by atoms with Crippen molar-refractivity contribution in [3.8, 4) is 0 Å². The van der Waals surface area contributed by atoms with Gasteiger partial charge < -0.3 is 19.9 Å². The molecule has 2 N–H and O–H groups in total. The molecule has 1 aromatic heterocycles. The highest BCUT2D eigenvalue weighted by Crippen LogP contribution is 2.12. The number of aliphatic imine (C=N–C) groups is 1. The fourth-order valence-corrected chi connectivity index (χ4v) is 2.37. The van der Waals surface area contributed by atoms with Crippen LogP contribution in [0.25, 0.3) is 0 Å². The van der Waals surface area contributed by atoms with Crippen LogP contribution in [0.5, 0.6) is 0 Å². The van der Waals surface area contributed by atoms with Gasteiger partial charge in [0.15, 0.2) is 5.96 Å². The van der Waals surface area contributed by atoms with Crippen molar-refractivity contribution in [2.24, 2.45) is 10.9 Å². The van der Waals surface area contributed by atoms with E-state index in [1.807, 2.05) is 13.8 Å². The Morgan fingerprint density at radius 1 is 1.40 bits per heavy atom. The number of guanidine groups is 1. The van der Waals surface area contributed by atoms with Crippen molar-refractivity contribution in [3.05, 3.63) is 17.0 Å². The van der Waals surface area contributed by atoms with Crippen LogP contribution < -0.4 is 10.6 Å². The second-order valence-electron chi connectivity index (χ2n) is 5.16. The minimum absolute atomic E-state index is 0.594. The molecule has 2 heterocycles. The van der Waals surface area contributed by atoms with Crippen molar-refractivity contribution in [2.75, 3.05) is 33.4 Å². The predicted octanol–water partition coefficient (Wildman–Crippen LogP) is 1.04. The van der Waals surface area contributed by atoms with Crippen molar-refractivity contribution in [1.82, 2.24) is 15.8 Å². The van der Waals surface area contributed by atoms with Gasteiger partial charge in [-0.25, -0.2) is 0 Å². The molecule has 0 saturated carbocycles. The van der Waals surface area contributed by atoms with Crippen LogP contribution in [-0.2, 0) is 11.2 Å². The molecule has 2 rings (SSSR count). The Morgan fingerprint density at radius 2 is 2.25 bits per heavy atom. The van der Waals surface area contributed by atoms with Crippen molar-refractivity contribution in [1.29, 1.82) is 0 Å². The molecule has 1 aliphatic heterocycles. The molecule has 1 aliphatic rings. The molecule has 0 spiro atoms. The Kier molecular flexibility index (Phi) is 5.40. The molecule has 0 aliphatic carbocycles. The molecule has 1 unspecified atom stereocenters. The molecule has 20 heavy (non-hydrogen) atoms. The third kappa shape index (κ3) is 3.96. The summed E-state index contributed by atoms with van der Waals surface area (Å²) in [7, 11) is 1.79. The van der Waals surface area contributed by atoms with E-state index in [4.69, 9.17) is 9.26 Å². The van der Waals surface area contributed by atoms with Crippen molar-refractivity contribution >= 4 is 5.96 Å². The van der Waals surface area contributed by atoms with Crippen LogP contribution in [0.15, 0.2) is 9.52 Å². The first-order valence-corrected chi connectivity index (χ1v) is 7.14. The van der Waals surface area contributed by atoms with E-state index in [-0.39, 0.29) is 0 Å². The normalized spacial score (nSPS) is 19.4. The summed E-state index contributed by atoms with van der Waals surface area (Å²) >= 11 is 0. The maximum atomic E-state index is 5.36. The van der Waals surface area contributed by atoms with Crippen molar-refractivity contribution in [2.45, 2.75) is 26.7 Å². The van der Waals surface area contributed by atoms with Gasteiger partial charge in [0.1, 0.15) is 5.76 Å². The number of aromatic nitrogens is 1. The third-order valence-electron chi connectivity index (χ3n) is 3.65. The Morgan fingerprint density at radius 3 is 2.85 bits per heavy atom. The molecular weight excluding hydrogens is 256 g/mol. The van der Waals surface area contributed by atoms with Crippen LogP contribution >= 0.6 is 0 Å². The summed E-state index contributed by atoms with van der Waals surface area (Å²) in [6, 6.07) is 0. The van der Waals surface area contributed by atoms with E-state index in [2.05, 4.69) is 20.8 Å². The molecule has 1 saturated heterocycles. The number of rotatable bonds is 5. The Hall–Kier alpha value is -1.56. The lowest BCUT2D eigenvalue weighted by Crippen LogP contribution is -2.40. The molecule has 1 aromatic rings. The molecular formula is C14H24N4O2. The standard InChI is InChI=1S/C14H24N4O2/c1-10-13(11(2)20-18-10)4-6-16-14(15-3)17-8-12-5-7-19-9-12/h12H,4-9H2,1-3H3,(H2,15,16,17). The molecule has 0 aromatic carbocycles. The summed E-state index contributed by atoms with van der Waals surface area (Å²) in [4.78, 5) is 4.23. The van der Waals surface area contributed by atoms with E-state index in [1.54, 1.807) is 7.05 Å². The van der Waals surface area contributed by atoms with E-state index in [0.717, 1.165) is 56.6 Å². The smallest absolute Gasteiger partial charge is 0.190 e. The monoisotopic (exact) mass is 280 g/mol. The molecule has 1 atom stereocenters. The first kappa shape index (κ1) is 14.8. The average Bonchev–Trinajstić information content (AvgIpc) is 3.06. The Balaban J connectivity index is 1.71. The lowest BCUT2D eigenvalue weighted by atomic mass is 10.1. The van der Waals surface area contributed by atoms with Gasteiger partial charge in [0.2, 0.25) is 0 Å². The van der Waals surface area contributed by atoms with Gasteiger partial charge in [-0.05, 0) is 26.7 Å². The highest BCUT2D eigenvalue weighted by molar-refractivity contribution is 5.79. The molecule has 1 fully saturated rings. The summed E-state index contributed by atoms with van der Waals surface area (Å²) < 4.78 is 10.5. The predicted molar refractivity (Wildman–Crippen MR) is 78.0 cm³/mol. The topological polar surface area (TPSA) is 71.7 Å². The van der Waals surface area contributed by atoms with Crippen LogP contribution in [0.4, 0.5) is 0 Å². The summed E-state index contributed by atoms with van der Waals surface area (Å²) in [6.07, 6.45) is 2.01. The van der Waals surface area contributed by atoms with Gasteiger partial charge in [-0.3, -0.25) is 4.99 Å². The zero-order valence-corrected chi connectivity index (χ0v) is 12.5. The van der Waals surface area contributed by atoms with E-state index in [0.29, 0.717) is 5.92 Å². The number of nitrogens with one attached hydrogen (secondary N) is 2. The van der Waals surface area contributed by atoms with Crippen LogP contribution in [-0.4, -0.2) is 44.5 Å². The summed E-state index contributed by atoms with van der Waals surface area (Å²) in [5, 5.41) is 10.6. The van der Waals surface area contributed by atoms with E-state index >= 15 is 0 Å². The molecule has 6 heteroatoms. The number of nitrogens with zero attached hydrogens (tertiary/aromatic N) is 2. The Labute approximate surface area is 120 Å².